The molecule has 3 amide bonds. The van der Waals surface area contributed by atoms with Crippen LogP contribution in [0.4, 0.5) is 4.79 Å². The summed E-state index contributed by atoms with van der Waals surface area (Å²) in [5, 5.41) is 0. The van der Waals surface area contributed by atoms with Crippen molar-refractivity contribution in [2.45, 2.75) is 39.3 Å². The SMILES string of the molecule is CCCN1C(=O)N(Cc2ccc(C)cc2)C(=O)C1CC(=O)OC. The van der Waals surface area contributed by atoms with Crippen LogP contribution in [0.1, 0.15) is 30.9 Å². The van der Waals surface area contributed by atoms with Crippen molar-refractivity contribution in [1.82, 2.24) is 9.80 Å². The van der Waals surface area contributed by atoms with Crippen LogP contribution in [0.2, 0.25) is 0 Å². The molecular weight excluding hydrogens is 296 g/mol. The zero-order valence-electron chi connectivity index (χ0n) is 13.7. The summed E-state index contributed by atoms with van der Waals surface area (Å²) in [6, 6.07) is 6.57. The van der Waals surface area contributed by atoms with Crippen LogP contribution in [0.3, 0.4) is 0 Å². The highest BCUT2D eigenvalue weighted by Gasteiger charge is 2.45. The third-order valence-corrected chi connectivity index (χ3v) is 3.92. The number of carbonyl (C=O) groups is 3. The van der Waals surface area contributed by atoms with Crippen LogP contribution in [0.25, 0.3) is 0 Å². The van der Waals surface area contributed by atoms with Gasteiger partial charge < -0.3 is 9.64 Å². The first-order valence-corrected chi connectivity index (χ1v) is 7.72. The Kier molecular flexibility index (Phi) is 5.36. The predicted octanol–water partition coefficient (Wildman–Crippen LogP) is 2.10. The molecule has 0 saturated carbocycles. The maximum Gasteiger partial charge on any atom is 0.327 e. The molecule has 6 heteroatoms. The van der Waals surface area contributed by atoms with Crippen molar-refractivity contribution in [3.05, 3.63) is 35.4 Å². The molecule has 1 heterocycles. The van der Waals surface area contributed by atoms with Gasteiger partial charge in [0.25, 0.3) is 5.91 Å². The highest BCUT2D eigenvalue weighted by molar-refractivity contribution is 6.05. The first kappa shape index (κ1) is 17.0. The van der Waals surface area contributed by atoms with Crippen LogP contribution in [-0.2, 0) is 20.9 Å². The van der Waals surface area contributed by atoms with Gasteiger partial charge in [0, 0.05) is 6.54 Å². The molecule has 1 atom stereocenters. The fraction of sp³-hybridized carbons (Fsp3) is 0.471. The Morgan fingerprint density at radius 2 is 1.87 bits per heavy atom. The van der Waals surface area contributed by atoms with Crippen LogP contribution in [0.15, 0.2) is 24.3 Å². The fourth-order valence-electron chi connectivity index (χ4n) is 2.65. The second kappa shape index (κ2) is 7.26. The summed E-state index contributed by atoms with van der Waals surface area (Å²) in [5.41, 5.74) is 2.00. The Labute approximate surface area is 136 Å². The van der Waals surface area contributed by atoms with Crippen LogP contribution < -0.4 is 0 Å². The summed E-state index contributed by atoms with van der Waals surface area (Å²) in [4.78, 5) is 39.3. The lowest BCUT2D eigenvalue weighted by Crippen LogP contribution is -2.37. The van der Waals surface area contributed by atoms with E-state index in [1.807, 2.05) is 38.1 Å². The molecule has 1 aliphatic heterocycles. The Bertz CT molecular complexity index is 597. The quantitative estimate of drug-likeness (QED) is 0.595. The molecule has 1 unspecified atom stereocenters. The summed E-state index contributed by atoms with van der Waals surface area (Å²) in [6.45, 7) is 4.56. The van der Waals surface area contributed by atoms with Crippen molar-refractivity contribution in [2.24, 2.45) is 0 Å². The number of esters is 1. The highest BCUT2D eigenvalue weighted by Crippen LogP contribution is 2.23. The maximum atomic E-state index is 12.6. The highest BCUT2D eigenvalue weighted by atomic mass is 16.5. The molecular formula is C17H22N2O4. The first-order valence-electron chi connectivity index (χ1n) is 7.72. The minimum absolute atomic E-state index is 0.106. The van der Waals surface area contributed by atoms with Crippen molar-refractivity contribution >= 4 is 17.9 Å². The average molecular weight is 318 g/mol. The van der Waals surface area contributed by atoms with Crippen molar-refractivity contribution in [3.8, 4) is 0 Å². The number of nitrogens with zero attached hydrogens (tertiary/aromatic N) is 2. The van der Waals surface area contributed by atoms with Gasteiger partial charge in [0.1, 0.15) is 6.04 Å². The van der Waals surface area contributed by atoms with Gasteiger partial charge in [-0.15, -0.1) is 0 Å². The van der Waals surface area contributed by atoms with Gasteiger partial charge in [0.05, 0.1) is 20.1 Å². The molecule has 6 nitrogen and oxygen atoms in total. The molecule has 0 bridgehead atoms. The second-order valence-corrected chi connectivity index (χ2v) is 5.68. The van der Waals surface area contributed by atoms with Gasteiger partial charge in [-0.25, -0.2) is 4.79 Å². The number of methoxy groups -OCH3 is 1. The number of rotatable bonds is 6. The van der Waals surface area contributed by atoms with Crippen LogP contribution in [0.5, 0.6) is 0 Å². The zero-order valence-corrected chi connectivity index (χ0v) is 13.7. The van der Waals surface area contributed by atoms with Gasteiger partial charge in [-0.2, -0.15) is 0 Å². The standard InChI is InChI=1S/C17H22N2O4/c1-4-9-18-14(10-15(20)23-3)16(21)19(17(18)22)11-13-7-5-12(2)6-8-13/h5-8,14H,4,9-11H2,1-3H3. The van der Waals surface area contributed by atoms with Crippen LogP contribution in [-0.4, -0.2) is 47.4 Å². The summed E-state index contributed by atoms with van der Waals surface area (Å²) in [5.74, 6) is -0.830. The van der Waals surface area contributed by atoms with E-state index in [9.17, 15) is 14.4 Å². The monoisotopic (exact) mass is 318 g/mol. The first-order chi connectivity index (χ1) is 11.0. The minimum Gasteiger partial charge on any atom is -0.469 e. The van der Waals surface area contributed by atoms with Crippen LogP contribution >= 0.6 is 0 Å². The predicted molar refractivity (Wildman–Crippen MR) is 84.5 cm³/mol. The van der Waals surface area contributed by atoms with Gasteiger partial charge in [-0.05, 0) is 18.9 Å². The van der Waals surface area contributed by atoms with Gasteiger partial charge in [-0.3, -0.25) is 14.5 Å². The summed E-state index contributed by atoms with van der Waals surface area (Å²) in [6.07, 6.45) is 0.612. The molecule has 0 spiro atoms. The number of aryl methyl sites for hydroxylation is 1. The number of hydrogen-bond acceptors (Lipinski definition) is 4. The van der Waals surface area contributed by atoms with E-state index in [1.54, 1.807) is 0 Å². The molecule has 124 valence electrons. The molecule has 1 aromatic carbocycles. The van der Waals surface area contributed by atoms with Gasteiger partial charge in [0.2, 0.25) is 0 Å². The van der Waals surface area contributed by atoms with E-state index < -0.39 is 12.0 Å². The lowest BCUT2D eigenvalue weighted by atomic mass is 10.1. The lowest BCUT2D eigenvalue weighted by molar-refractivity contribution is -0.144. The second-order valence-electron chi connectivity index (χ2n) is 5.68. The Morgan fingerprint density at radius 3 is 2.43 bits per heavy atom. The lowest BCUT2D eigenvalue weighted by Gasteiger charge is -2.20. The number of carbonyl (C=O) groups excluding carboxylic acids is 3. The van der Waals surface area contributed by atoms with E-state index in [4.69, 9.17) is 0 Å². The Balaban J connectivity index is 2.19. The van der Waals surface area contributed by atoms with Crippen molar-refractivity contribution in [1.29, 1.82) is 0 Å². The van der Waals surface area contributed by atoms with Gasteiger partial charge in [-0.1, -0.05) is 36.8 Å². The van der Waals surface area contributed by atoms with Crippen molar-refractivity contribution in [3.63, 3.8) is 0 Å². The van der Waals surface area contributed by atoms with E-state index in [-0.39, 0.29) is 24.9 Å². The number of ether oxygens (including phenoxy) is 1. The fourth-order valence-corrected chi connectivity index (χ4v) is 2.65. The molecule has 0 aliphatic carbocycles. The number of hydrogen-bond donors (Lipinski definition) is 0. The van der Waals surface area contributed by atoms with E-state index in [1.165, 1.54) is 16.9 Å². The number of urea groups is 1. The molecule has 0 radical (unpaired) electrons. The Hall–Kier alpha value is -2.37. The van der Waals surface area contributed by atoms with Crippen LogP contribution in [0, 0.1) is 6.92 Å². The smallest absolute Gasteiger partial charge is 0.327 e. The van der Waals surface area contributed by atoms with E-state index in [0.29, 0.717) is 6.54 Å². The topological polar surface area (TPSA) is 66.9 Å². The third-order valence-electron chi connectivity index (χ3n) is 3.92. The minimum atomic E-state index is -0.764. The molecule has 0 aromatic heterocycles. The summed E-state index contributed by atoms with van der Waals surface area (Å²) < 4.78 is 4.64. The number of benzene rings is 1. The largest absolute Gasteiger partial charge is 0.469 e. The summed E-state index contributed by atoms with van der Waals surface area (Å²) >= 11 is 0. The normalized spacial score (nSPS) is 17.8. The summed E-state index contributed by atoms with van der Waals surface area (Å²) in [7, 11) is 1.28. The zero-order chi connectivity index (χ0) is 17.0. The number of amides is 3. The van der Waals surface area contributed by atoms with Crippen molar-refractivity contribution < 1.29 is 19.1 Å². The average Bonchev–Trinajstić information content (AvgIpc) is 2.75. The van der Waals surface area contributed by atoms with E-state index >= 15 is 0 Å². The van der Waals surface area contributed by atoms with E-state index in [0.717, 1.165) is 17.5 Å². The maximum absolute atomic E-state index is 12.6. The molecule has 1 aromatic rings. The van der Waals surface area contributed by atoms with Gasteiger partial charge in [0.15, 0.2) is 0 Å². The Morgan fingerprint density at radius 1 is 1.22 bits per heavy atom. The number of imide groups is 1. The molecule has 2 rings (SSSR count). The molecule has 0 N–H and O–H groups in total. The van der Waals surface area contributed by atoms with E-state index in [2.05, 4.69) is 4.74 Å². The third kappa shape index (κ3) is 3.70. The van der Waals surface area contributed by atoms with Crippen molar-refractivity contribution in [2.75, 3.05) is 13.7 Å². The van der Waals surface area contributed by atoms with Gasteiger partial charge >= 0.3 is 12.0 Å². The molecule has 1 aliphatic rings. The molecule has 23 heavy (non-hydrogen) atoms. The molecule has 1 saturated heterocycles. The molecule has 1 fully saturated rings.